The van der Waals surface area contributed by atoms with E-state index in [1.54, 1.807) is 24.3 Å². The van der Waals surface area contributed by atoms with Crippen LogP contribution in [-0.4, -0.2) is 22.0 Å². The van der Waals surface area contributed by atoms with Crippen molar-refractivity contribution in [2.75, 3.05) is 7.11 Å². The highest BCUT2D eigenvalue weighted by Crippen LogP contribution is 2.10. The Bertz CT molecular complexity index is 533. The maximum Gasteiger partial charge on any atom is 0.334 e. The number of hydrogen-bond donors (Lipinski definition) is 1. The molecule has 2 aromatic rings. The monoisotopic (exact) mass is 192 g/mol. The summed E-state index contributed by atoms with van der Waals surface area (Å²) in [5.74, 6) is 0. The Labute approximate surface area is 79.2 Å². The third-order valence-electron chi connectivity index (χ3n) is 1.91. The van der Waals surface area contributed by atoms with E-state index in [-0.39, 0.29) is 6.01 Å². The molecule has 0 fully saturated rings. The van der Waals surface area contributed by atoms with Crippen LogP contribution in [0.5, 0.6) is 6.01 Å². The molecule has 0 radical (unpaired) electrons. The number of fused-ring (bicyclic) bond motifs is 1. The fourth-order valence-electron chi connectivity index (χ4n) is 1.24. The molecular formula is C9H8N2O3. The first-order valence-corrected chi connectivity index (χ1v) is 3.99. The van der Waals surface area contributed by atoms with E-state index >= 15 is 0 Å². The van der Waals surface area contributed by atoms with Crippen LogP contribution in [0.25, 0.3) is 10.9 Å². The highest BCUT2D eigenvalue weighted by Gasteiger charge is 2.08. The summed E-state index contributed by atoms with van der Waals surface area (Å²) >= 11 is 0. The van der Waals surface area contributed by atoms with Gasteiger partial charge in [0.05, 0.1) is 18.0 Å². The SMILES string of the molecule is COc1nc2ccccc2c(=O)n1O. The zero-order chi connectivity index (χ0) is 10.1. The number of para-hydroxylation sites is 1. The van der Waals surface area contributed by atoms with E-state index in [1.807, 2.05) is 0 Å². The fourth-order valence-corrected chi connectivity index (χ4v) is 1.24. The summed E-state index contributed by atoms with van der Waals surface area (Å²) in [6.45, 7) is 0. The number of ether oxygens (including phenoxy) is 1. The quantitative estimate of drug-likeness (QED) is 0.673. The predicted molar refractivity (Wildman–Crippen MR) is 49.7 cm³/mol. The minimum atomic E-state index is -0.535. The Kier molecular flexibility index (Phi) is 1.85. The number of methoxy groups -OCH3 is 1. The maximum absolute atomic E-state index is 11.5. The van der Waals surface area contributed by atoms with Crippen LogP contribution in [0.4, 0.5) is 0 Å². The molecule has 0 aliphatic heterocycles. The van der Waals surface area contributed by atoms with Gasteiger partial charge in [-0.15, -0.1) is 0 Å². The van der Waals surface area contributed by atoms with Gasteiger partial charge in [0, 0.05) is 0 Å². The van der Waals surface area contributed by atoms with Crippen molar-refractivity contribution in [2.24, 2.45) is 0 Å². The molecule has 0 spiro atoms. The molecule has 14 heavy (non-hydrogen) atoms. The molecule has 1 N–H and O–H groups in total. The van der Waals surface area contributed by atoms with E-state index in [4.69, 9.17) is 4.74 Å². The van der Waals surface area contributed by atoms with E-state index in [2.05, 4.69) is 4.98 Å². The van der Waals surface area contributed by atoms with Crippen molar-refractivity contribution >= 4 is 10.9 Å². The summed E-state index contributed by atoms with van der Waals surface area (Å²) < 4.78 is 5.13. The molecular weight excluding hydrogens is 184 g/mol. The Morgan fingerprint density at radius 3 is 2.86 bits per heavy atom. The Hall–Kier alpha value is -2.04. The van der Waals surface area contributed by atoms with Crippen LogP contribution in [0, 0.1) is 0 Å². The molecule has 1 aromatic carbocycles. The van der Waals surface area contributed by atoms with Gasteiger partial charge in [-0.1, -0.05) is 16.9 Å². The standard InChI is InChI=1S/C9H8N2O3/c1-14-9-10-7-5-3-2-4-6(7)8(12)11(9)13/h2-5,13H,1H3. The van der Waals surface area contributed by atoms with Crippen LogP contribution in [-0.2, 0) is 0 Å². The van der Waals surface area contributed by atoms with E-state index in [0.29, 0.717) is 15.6 Å². The van der Waals surface area contributed by atoms with Gasteiger partial charge >= 0.3 is 6.01 Å². The molecule has 0 amide bonds. The average molecular weight is 192 g/mol. The summed E-state index contributed by atoms with van der Waals surface area (Å²) in [5.41, 5.74) is -0.0351. The molecule has 0 unspecified atom stereocenters. The van der Waals surface area contributed by atoms with Crippen molar-refractivity contribution in [1.29, 1.82) is 0 Å². The lowest BCUT2D eigenvalue weighted by molar-refractivity contribution is 0.136. The largest absolute Gasteiger partial charge is 0.466 e. The van der Waals surface area contributed by atoms with E-state index in [0.717, 1.165) is 0 Å². The zero-order valence-electron chi connectivity index (χ0n) is 7.47. The first-order valence-electron chi connectivity index (χ1n) is 3.99. The predicted octanol–water partition coefficient (Wildman–Crippen LogP) is 0.642. The second kappa shape index (κ2) is 3.02. The van der Waals surface area contributed by atoms with Gasteiger partial charge < -0.3 is 9.94 Å². The van der Waals surface area contributed by atoms with Gasteiger partial charge in [-0.05, 0) is 12.1 Å². The molecule has 1 aromatic heterocycles. The minimum Gasteiger partial charge on any atom is -0.466 e. The van der Waals surface area contributed by atoms with Crippen molar-refractivity contribution in [3.8, 4) is 6.01 Å². The van der Waals surface area contributed by atoms with Crippen molar-refractivity contribution in [3.63, 3.8) is 0 Å². The van der Waals surface area contributed by atoms with Gasteiger partial charge in [-0.2, -0.15) is 4.98 Å². The zero-order valence-corrected chi connectivity index (χ0v) is 7.47. The topological polar surface area (TPSA) is 64.3 Å². The normalized spacial score (nSPS) is 10.4. The summed E-state index contributed by atoms with van der Waals surface area (Å²) in [5, 5.41) is 9.67. The minimum absolute atomic E-state index is 0.117. The van der Waals surface area contributed by atoms with Gasteiger partial charge in [-0.3, -0.25) is 4.79 Å². The average Bonchev–Trinajstić information content (AvgIpc) is 2.23. The molecule has 72 valence electrons. The highest BCUT2D eigenvalue weighted by molar-refractivity contribution is 5.77. The first-order chi connectivity index (χ1) is 6.74. The molecule has 0 saturated carbocycles. The fraction of sp³-hybridized carbons (Fsp3) is 0.111. The second-order valence-electron chi connectivity index (χ2n) is 2.73. The van der Waals surface area contributed by atoms with E-state index in [9.17, 15) is 10.0 Å². The smallest absolute Gasteiger partial charge is 0.334 e. The number of nitrogens with zero attached hydrogens (tertiary/aromatic N) is 2. The summed E-state index contributed by atoms with van der Waals surface area (Å²) in [4.78, 5) is 15.4. The van der Waals surface area contributed by atoms with Crippen LogP contribution in [0.1, 0.15) is 0 Å². The van der Waals surface area contributed by atoms with Crippen LogP contribution in [0.3, 0.4) is 0 Å². The van der Waals surface area contributed by atoms with Crippen LogP contribution >= 0.6 is 0 Å². The van der Waals surface area contributed by atoms with Crippen molar-refractivity contribution < 1.29 is 9.94 Å². The van der Waals surface area contributed by atoms with Crippen LogP contribution in [0.2, 0.25) is 0 Å². The number of benzene rings is 1. The van der Waals surface area contributed by atoms with E-state index < -0.39 is 5.56 Å². The van der Waals surface area contributed by atoms with Crippen molar-refractivity contribution in [3.05, 3.63) is 34.6 Å². The molecule has 0 aliphatic rings. The lowest BCUT2D eigenvalue weighted by atomic mass is 10.2. The third kappa shape index (κ3) is 1.10. The molecule has 0 bridgehead atoms. The van der Waals surface area contributed by atoms with Gasteiger partial charge in [0.2, 0.25) is 0 Å². The summed E-state index contributed by atoms with van der Waals surface area (Å²) in [6, 6.07) is 6.62. The molecule has 0 saturated heterocycles. The van der Waals surface area contributed by atoms with Gasteiger partial charge in [-0.25, -0.2) is 0 Å². The highest BCUT2D eigenvalue weighted by atomic mass is 16.6. The molecule has 0 atom stereocenters. The van der Waals surface area contributed by atoms with Gasteiger partial charge in [0.15, 0.2) is 0 Å². The lowest BCUT2D eigenvalue weighted by Gasteiger charge is -2.04. The number of aromatic nitrogens is 2. The van der Waals surface area contributed by atoms with Crippen LogP contribution < -0.4 is 10.3 Å². The Morgan fingerprint density at radius 1 is 1.43 bits per heavy atom. The van der Waals surface area contributed by atoms with E-state index in [1.165, 1.54) is 7.11 Å². The lowest BCUT2D eigenvalue weighted by Crippen LogP contribution is -2.20. The Balaban J connectivity index is 2.92. The summed E-state index contributed by atoms with van der Waals surface area (Å²) in [7, 11) is 1.34. The number of rotatable bonds is 1. The molecule has 5 nitrogen and oxygen atoms in total. The molecule has 2 rings (SSSR count). The van der Waals surface area contributed by atoms with Crippen molar-refractivity contribution in [1.82, 2.24) is 9.71 Å². The molecule has 0 aliphatic carbocycles. The van der Waals surface area contributed by atoms with Crippen molar-refractivity contribution in [2.45, 2.75) is 0 Å². The maximum atomic E-state index is 11.5. The van der Waals surface area contributed by atoms with Gasteiger partial charge in [0.1, 0.15) is 0 Å². The van der Waals surface area contributed by atoms with Crippen LogP contribution in [0.15, 0.2) is 29.1 Å². The molecule has 1 heterocycles. The van der Waals surface area contributed by atoms with Gasteiger partial charge in [0.25, 0.3) is 5.56 Å². The first kappa shape index (κ1) is 8.55. The third-order valence-corrected chi connectivity index (χ3v) is 1.91. The second-order valence-corrected chi connectivity index (χ2v) is 2.73. The number of hydrogen-bond acceptors (Lipinski definition) is 4. The Morgan fingerprint density at radius 2 is 2.14 bits per heavy atom. The summed E-state index contributed by atoms with van der Waals surface area (Å²) in [6.07, 6.45) is 0. The molecule has 5 heteroatoms.